The van der Waals surface area contributed by atoms with Gasteiger partial charge in [0, 0.05) is 13.0 Å². The zero-order valence-electron chi connectivity index (χ0n) is 11.6. The minimum Gasteiger partial charge on any atom is -0.480 e. The Labute approximate surface area is 116 Å². The van der Waals surface area contributed by atoms with Crippen molar-refractivity contribution in [2.24, 2.45) is 11.7 Å². The number of likely N-dealkylation sites (tertiary alicyclic amines) is 1. The van der Waals surface area contributed by atoms with Gasteiger partial charge in [-0.2, -0.15) is 0 Å². The van der Waals surface area contributed by atoms with Crippen LogP contribution in [0.1, 0.15) is 26.7 Å². The number of rotatable bonds is 5. The number of carboxylic acids is 1. The molecule has 0 aliphatic carbocycles. The third kappa shape index (κ3) is 4.09. The fraction of sp³-hybridized carbons (Fsp3) is 0.750. The third-order valence-electron chi connectivity index (χ3n) is 3.17. The van der Waals surface area contributed by atoms with Crippen LogP contribution in [0.5, 0.6) is 0 Å². The van der Waals surface area contributed by atoms with E-state index in [1.807, 2.05) is 13.8 Å². The number of hydrogen-bond donors (Lipinski definition) is 4. The maximum absolute atomic E-state index is 12.4. The summed E-state index contributed by atoms with van der Waals surface area (Å²) in [4.78, 5) is 35.5. The Bertz CT molecular complexity index is 399. The SMILES string of the molecule is CC(C)CC(NC(N)=O)C(=O)N1CC(O)CC1C(=O)O. The Balaban J connectivity index is 2.86. The maximum atomic E-state index is 12.4. The lowest BCUT2D eigenvalue weighted by Gasteiger charge is -2.27. The summed E-state index contributed by atoms with van der Waals surface area (Å²) in [7, 11) is 0. The highest BCUT2D eigenvalue weighted by molar-refractivity contribution is 5.90. The molecule has 1 fully saturated rings. The Morgan fingerprint density at radius 3 is 2.45 bits per heavy atom. The van der Waals surface area contributed by atoms with Gasteiger partial charge in [-0.1, -0.05) is 13.8 Å². The molecule has 3 atom stereocenters. The molecule has 0 spiro atoms. The van der Waals surface area contributed by atoms with Crippen LogP contribution >= 0.6 is 0 Å². The van der Waals surface area contributed by atoms with Crippen LogP contribution in [0.15, 0.2) is 0 Å². The van der Waals surface area contributed by atoms with E-state index in [2.05, 4.69) is 5.32 Å². The van der Waals surface area contributed by atoms with Gasteiger partial charge in [0.25, 0.3) is 0 Å². The number of carbonyl (C=O) groups excluding carboxylic acids is 2. The maximum Gasteiger partial charge on any atom is 0.326 e. The molecule has 20 heavy (non-hydrogen) atoms. The van der Waals surface area contributed by atoms with Crippen molar-refractivity contribution in [3.63, 3.8) is 0 Å². The zero-order valence-corrected chi connectivity index (χ0v) is 11.6. The molecule has 1 aliphatic rings. The van der Waals surface area contributed by atoms with Crippen molar-refractivity contribution in [3.05, 3.63) is 0 Å². The number of carboxylic acid groups (broad SMARTS) is 1. The number of aliphatic hydroxyl groups is 1. The van der Waals surface area contributed by atoms with Crippen molar-refractivity contribution in [2.45, 2.75) is 44.9 Å². The van der Waals surface area contributed by atoms with E-state index in [0.29, 0.717) is 6.42 Å². The first kappa shape index (κ1) is 16.2. The largest absolute Gasteiger partial charge is 0.480 e. The minimum atomic E-state index is -1.17. The molecule has 0 bridgehead atoms. The van der Waals surface area contributed by atoms with Crippen LogP contribution < -0.4 is 11.1 Å². The molecule has 114 valence electrons. The second kappa shape index (κ2) is 6.56. The molecule has 1 saturated heterocycles. The predicted octanol–water partition coefficient (Wildman–Crippen LogP) is -0.884. The van der Waals surface area contributed by atoms with Crippen LogP contribution in [-0.4, -0.2) is 57.8 Å². The van der Waals surface area contributed by atoms with Crippen molar-refractivity contribution in [3.8, 4) is 0 Å². The van der Waals surface area contributed by atoms with Crippen LogP contribution in [0.25, 0.3) is 0 Å². The van der Waals surface area contributed by atoms with Gasteiger partial charge in [-0.15, -0.1) is 0 Å². The highest BCUT2D eigenvalue weighted by Gasteiger charge is 2.41. The molecule has 1 heterocycles. The first-order valence-corrected chi connectivity index (χ1v) is 6.49. The summed E-state index contributed by atoms with van der Waals surface area (Å²) in [6.07, 6.45) is -0.527. The lowest BCUT2D eigenvalue weighted by Crippen LogP contribution is -2.53. The number of β-amino-alcohol motifs (C(OH)–C–C–N with tert-alkyl or cyclic N) is 1. The number of aliphatic carboxylic acids is 1. The van der Waals surface area contributed by atoms with Crippen molar-refractivity contribution in [1.29, 1.82) is 0 Å². The summed E-state index contributed by atoms with van der Waals surface area (Å²) in [6, 6.07) is -2.78. The van der Waals surface area contributed by atoms with Gasteiger partial charge in [0.1, 0.15) is 12.1 Å². The Morgan fingerprint density at radius 2 is 2.00 bits per heavy atom. The summed E-state index contributed by atoms with van der Waals surface area (Å²) in [5.74, 6) is -1.58. The average molecular weight is 287 g/mol. The van der Waals surface area contributed by atoms with Gasteiger partial charge in [-0.25, -0.2) is 9.59 Å². The van der Waals surface area contributed by atoms with Gasteiger partial charge >= 0.3 is 12.0 Å². The third-order valence-corrected chi connectivity index (χ3v) is 3.17. The molecule has 1 rings (SSSR count). The number of hydrogen-bond acceptors (Lipinski definition) is 4. The van der Waals surface area contributed by atoms with Crippen LogP contribution in [0.4, 0.5) is 4.79 Å². The zero-order chi connectivity index (χ0) is 15.4. The van der Waals surface area contributed by atoms with E-state index < -0.39 is 36.1 Å². The van der Waals surface area contributed by atoms with Gasteiger partial charge in [0.2, 0.25) is 5.91 Å². The molecule has 3 unspecified atom stereocenters. The molecular formula is C12H21N3O5. The monoisotopic (exact) mass is 287 g/mol. The average Bonchev–Trinajstić information content (AvgIpc) is 2.68. The lowest BCUT2D eigenvalue weighted by atomic mass is 10.0. The molecular weight excluding hydrogens is 266 g/mol. The number of carbonyl (C=O) groups is 3. The molecule has 8 nitrogen and oxygen atoms in total. The van der Waals surface area contributed by atoms with Crippen LogP contribution in [0.2, 0.25) is 0 Å². The lowest BCUT2D eigenvalue weighted by molar-refractivity contribution is -0.149. The second-order valence-corrected chi connectivity index (χ2v) is 5.42. The Hall–Kier alpha value is -1.83. The van der Waals surface area contributed by atoms with Crippen molar-refractivity contribution in [2.75, 3.05) is 6.54 Å². The van der Waals surface area contributed by atoms with Gasteiger partial charge in [-0.05, 0) is 12.3 Å². The Kier molecular flexibility index (Phi) is 5.32. The van der Waals surface area contributed by atoms with Crippen LogP contribution in [0.3, 0.4) is 0 Å². The molecule has 0 radical (unpaired) electrons. The first-order chi connectivity index (χ1) is 9.22. The first-order valence-electron chi connectivity index (χ1n) is 6.49. The molecule has 1 aliphatic heterocycles. The predicted molar refractivity (Wildman–Crippen MR) is 69.7 cm³/mol. The quantitative estimate of drug-likeness (QED) is 0.521. The van der Waals surface area contributed by atoms with E-state index >= 15 is 0 Å². The summed E-state index contributed by atoms with van der Waals surface area (Å²) in [5, 5.41) is 21.0. The molecule has 3 amide bonds. The number of amides is 3. The van der Waals surface area contributed by atoms with E-state index in [0.717, 1.165) is 4.90 Å². The summed E-state index contributed by atoms with van der Waals surface area (Å²) < 4.78 is 0. The number of nitrogens with zero attached hydrogens (tertiary/aromatic N) is 1. The molecule has 0 aromatic rings. The number of nitrogens with two attached hydrogens (primary N) is 1. The Morgan fingerprint density at radius 1 is 1.40 bits per heavy atom. The molecule has 5 N–H and O–H groups in total. The van der Waals surface area contributed by atoms with Gasteiger partial charge in [0.15, 0.2) is 0 Å². The molecule has 0 saturated carbocycles. The standard InChI is InChI=1S/C12H21N3O5/c1-6(2)3-8(14-12(13)20)10(17)15-5-7(16)4-9(15)11(18)19/h6-9,16H,3-5H2,1-2H3,(H,18,19)(H3,13,14,20). The van der Waals surface area contributed by atoms with Crippen molar-refractivity contribution < 1.29 is 24.6 Å². The summed E-state index contributed by atoms with van der Waals surface area (Å²) >= 11 is 0. The highest BCUT2D eigenvalue weighted by Crippen LogP contribution is 2.20. The van der Waals surface area contributed by atoms with Gasteiger partial charge in [-0.3, -0.25) is 4.79 Å². The van der Waals surface area contributed by atoms with Crippen molar-refractivity contribution >= 4 is 17.9 Å². The molecule has 0 aromatic carbocycles. The fourth-order valence-corrected chi connectivity index (χ4v) is 2.36. The number of nitrogens with one attached hydrogen (secondary N) is 1. The number of urea groups is 1. The number of aliphatic hydroxyl groups excluding tert-OH is 1. The highest BCUT2D eigenvalue weighted by atomic mass is 16.4. The fourth-order valence-electron chi connectivity index (χ4n) is 2.36. The van der Waals surface area contributed by atoms with Crippen LogP contribution in [0, 0.1) is 5.92 Å². The molecule has 0 aromatic heterocycles. The smallest absolute Gasteiger partial charge is 0.326 e. The van der Waals surface area contributed by atoms with E-state index in [1.54, 1.807) is 0 Å². The van der Waals surface area contributed by atoms with Gasteiger partial charge in [0.05, 0.1) is 6.10 Å². The van der Waals surface area contributed by atoms with E-state index in [4.69, 9.17) is 10.8 Å². The van der Waals surface area contributed by atoms with Crippen LogP contribution in [-0.2, 0) is 9.59 Å². The van der Waals surface area contributed by atoms with E-state index in [9.17, 15) is 19.5 Å². The number of primary amides is 1. The minimum absolute atomic E-state index is 0.00789. The molecule has 8 heteroatoms. The second-order valence-electron chi connectivity index (χ2n) is 5.42. The van der Waals surface area contributed by atoms with E-state index in [-0.39, 0.29) is 18.9 Å². The van der Waals surface area contributed by atoms with Gasteiger partial charge < -0.3 is 26.2 Å². The summed E-state index contributed by atoms with van der Waals surface area (Å²) in [5.41, 5.74) is 5.04. The topological polar surface area (TPSA) is 133 Å². The van der Waals surface area contributed by atoms with Crippen molar-refractivity contribution in [1.82, 2.24) is 10.2 Å². The summed E-state index contributed by atoms with van der Waals surface area (Å²) in [6.45, 7) is 3.69. The normalized spacial score (nSPS) is 23.7. The van der Waals surface area contributed by atoms with E-state index in [1.165, 1.54) is 0 Å².